The van der Waals surface area contributed by atoms with Crippen LogP contribution >= 0.6 is 0 Å². The summed E-state index contributed by atoms with van der Waals surface area (Å²) in [7, 11) is -3.67. The molecule has 0 spiro atoms. The normalized spacial score (nSPS) is 16.0. The Balaban J connectivity index is 1.78. The second kappa shape index (κ2) is 6.32. The highest BCUT2D eigenvalue weighted by atomic mass is 32.2. The van der Waals surface area contributed by atoms with Crippen molar-refractivity contribution in [1.82, 2.24) is 14.3 Å². The Kier molecular flexibility index (Phi) is 4.23. The molecule has 0 bridgehead atoms. The first-order valence-corrected chi connectivity index (χ1v) is 8.58. The zero-order chi connectivity index (χ0) is 16.3. The predicted octanol–water partition coefficient (Wildman–Crippen LogP) is 0.859. The van der Waals surface area contributed by atoms with E-state index in [1.165, 1.54) is 16.4 Å². The smallest absolute Gasteiger partial charge is 0.244 e. The maximum absolute atomic E-state index is 12.7. The summed E-state index contributed by atoms with van der Waals surface area (Å²) in [4.78, 5) is 10.4. The Bertz CT molecular complexity index is 824. The van der Waals surface area contributed by atoms with Crippen LogP contribution in [0.4, 0.5) is 5.95 Å². The van der Waals surface area contributed by atoms with Gasteiger partial charge in [0.15, 0.2) is 0 Å². The highest BCUT2D eigenvalue weighted by Crippen LogP contribution is 2.21. The van der Waals surface area contributed by atoms with Gasteiger partial charge in [-0.05, 0) is 18.2 Å². The molecule has 2 heterocycles. The van der Waals surface area contributed by atoms with Crippen LogP contribution in [0.15, 0.2) is 47.6 Å². The first-order valence-electron chi connectivity index (χ1n) is 7.14. The monoisotopic (exact) mass is 329 g/mol. The fourth-order valence-corrected chi connectivity index (χ4v) is 4.07. The fraction of sp³-hybridized carbons (Fsp3) is 0.267. The average Bonchev–Trinajstić information content (AvgIpc) is 2.62. The fourth-order valence-electron chi connectivity index (χ4n) is 2.51. The van der Waals surface area contributed by atoms with E-state index in [9.17, 15) is 8.42 Å². The van der Waals surface area contributed by atoms with Gasteiger partial charge in [-0.15, -0.1) is 0 Å². The van der Waals surface area contributed by atoms with Gasteiger partial charge < -0.3 is 4.90 Å². The molecule has 23 heavy (non-hydrogen) atoms. The molecule has 2 aromatic rings. The first-order chi connectivity index (χ1) is 11.1. The van der Waals surface area contributed by atoms with Crippen LogP contribution in [0, 0.1) is 11.3 Å². The number of benzene rings is 1. The Morgan fingerprint density at radius 2 is 1.65 bits per heavy atom. The summed E-state index contributed by atoms with van der Waals surface area (Å²) in [6.45, 7) is 1.69. The molecule has 0 unspecified atom stereocenters. The van der Waals surface area contributed by atoms with E-state index in [0.29, 0.717) is 32.1 Å². The summed E-state index contributed by atoms with van der Waals surface area (Å²) in [6, 6.07) is 9.95. The SMILES string of the molecule is N#Cc1ccccc1S(=O)(=O)N1CCN(c2ncccn2)CC1. The van der Waals surface area contributed by atoms with Crippen LogP contribution in [0.3, 0.4) is 0 Å². The van der Waals surface area contributed by atoms with E-state index in [4.69, 9.17) is 5.26 Å². The second-order valence-corrected chi connectivity index (χ2v) is 6.95. The maximum atomic E-state index is 12.7. The molecule has 0 aliphatic carbocycles. The van der Waals surface area contributed by atoms with Gasteiger partial charge in [0.2, 0.25) is 16.0 Å². The van der Waals surface area contributed by atoms with Gasteiger partial charge >= 0.3 is 0 Å². The third kappa shape index (κ3) is 3.02. The van der Waals surface area contributed by atoms with Crippen molar-refractivity contribution >= 4 is 16.0 Å². The van der Waals surface area contributed by atoms with Crippen molar-refractivity contribution in [2.45, 2.75) is 4.90 Å². The molecule has 1 fully saturated rings. The van der Waals surface area contributed by atoms with E-state index in [0.717, 1.165) is 0 Å². The van der Waals surface area contributed by atoms with E-state index in [-0.39, 0.29) is 10.5 Å². The number of nitriles is 1. The number of sulfonamides is 1. The molecule has 0 radical (unpaired) electrons. The van der Waals surface area contributed by atoms with Crippen LogP contribution in [-0.4, -0.2) is 48.9 Å². The third-order valence-corrected chi connectivity index (χ3v) is 5.66. The van der Waals surface area contributed by atoms with Crippen LogP contribution in [0.1, 0.15) is 5.56 Å². The van der Waals surface area contributed by atoms with Gasteiger partial charge in [0, 0.05) is 38.6 Å². The van der Waals surface area contributed by atoms with Crippen molar-refractivity contribution in [3.05, 3.63) is 48.3 Å². The molecule has 1 aliphatic rings. The standard InChI is InChI=1S/C15H15N5O2S/c16-12-13-4-1-2-5-14(13)23(21,22)20-10-8-19(9-11-20)15-17-6-3-7-18-15/h1-7H,8-11H2. The number of aromatic nitrogens is 2. The van der Waals surface area contributed by atoms with E-state index in [2.05, 4.69) is 9.97 Å². The van der Waals surface area contributed by atoms with Crippen LogP contribution in [0.5, 0.6) is 0 Å². The molecule has 0 amide bonds. The topological polar surface area (TPSA) is 90.2 Å². The van der Waals surface area contributed by atoms with E-state index < -0.39 is 10.0 Å². The number of hydrogen-bond acceptors (Lipinski definition) is 6. The lowest BCUT2D eigenvalue weighted by molar-refractivity contribution is 0.382. The van der Waals surface area contributed by atoms with Gasteiger partial charge in [0.25, 0.3) is 0 Å². The molecule has 1 aromatic heterocycles. The third-order valence-electron chi connectivity index (χ3n) is 3.70. The molecule has 1 saturated heterocycles. The molecule has 0 saturated carbocycles. The highest BCUT2D eigenvalue weighted by Gasteiger charge is 2.30. The van der Waals surface area contributed by atoms with Crippen molar-refractivity contribution in [3.63, 3.8) is 0 Å². The number of hydrogen-bond donors (Lipinski definition) is 0. The lowest BCUT2D eigenvalue weighted by Crippen LogP contribution is -2.49. The minimum absolute atomic E-state index is 0.0620. The van der Waals surface area contributed by atoms with Gasteiger partial charge in [-0.3, -0.25) is 0 Å². The molecule has 0 N–H and O–H groups in total. The number of nitrogens with zero attached hydrogens (tertiary/aromatic N) is 5. The summed E-state index contributed by atoms with van der Waals surface area (Å²) in [6.07, 6.45) is 3.32. The summed E-state index contributed by atoms with van der Waals surface area (Å²) in [5.74, 6) is 0.599. The molecule has 1 aliphatic heterocycles. The van der Waals surface area contributed by atoms with E-state index in [1.54, 1.807) is 30.6 Å². The quantitative estimate of drug-likeness (QED) is 0.829. The predicted molar refractivity (Wildman–Crippen MR) is 84.2 cm³/mol. The Morgan fingerprint density at radius 3 is 2.30 bits per heavy atom. The van der Waals surface area contributed by atoms with Crippen molar-refractivity contribution in [2.24, 2.45) is 0 Å². The van der Waals surface area contributed by atoms with Crippen LogP contribution in [0.2, 0.25) is 0 Å². The van der Waals surface area contributed by atoms with Gasteiger partial charge in [-0.2, -0.15) is 9.57 Å². The summed E-state index contributed by atoms with van der Waals surface area (Å²) in [5.41, 5.74) is 0.168. The van der Waals surface area contributed by atoms with Gasteiger partial charge in [0.05, 0.1) is 10.5 Å². The maximum Gasteiger partial charge on any atom is 0.244 e. The number of anilines is 1. The molecular formula is C15H15N5O2S. The summed E-state index contributed by atoms with van der Waals surface area (Å²) >= 11 is 0. The summed E-state index contributed by atoms with van der Waals surface area (Å²) < 4.78 is 26.9. The molecule has 7 nitrogen and oxygen atoms in total. The van der Waals surface area contributed by atoms with Crippen molar-refractivity contribution in [1.29, 1.82) is 5.26 Å². The van der Waals surface area contributed by atoms with Gasteiger partial charge in [0.1, 0.15) is 6.07 Å². The zero-order valence-corrected chi connectivity index (χ0v) is 13.1. The molecule has 0 atom stereocenters. The van der Waals surface area contributed by atoms with Crippen LogP contribution in [0.25, 0.3) is 0 Å². The summed E-state index contributed by atoms with van der Waals surface area (Å²) in [5, 5.41) is 9.11. The van der Waals surface area contributed by atoms with Gasteiger partial charge in [-0.25, -0.2) is 18.4 Å². The molecule has 8 heteroatoms. The Hall–Kier alpha value is -2.50. The van der Waals surface area contributed by atoms with Crippen molar-refractivity contribution in [3.8, 4) is 6.07 Å². The minimum atomic E-state index is -3.67. The lowest BCUT2D eigenvalue weighted by atomic mass is 10.2. The van der Waals surface area contributed by atoms with Gasteiger partial charge in [-0.1, -0.05) is 12.1 Å². The molecule has 1 aromatic carbocycles. The van der Waals surface area contributed by atoms with Crippen LogP contribution in [-0.2, 0) is 10.0 Å². The number of rotatable bonds is 3. The van der Waals surface area contributed by atoms with Crippen molar-refractivity contribution < 1.29 is 8.42 Å². The molecular weight excluding hydrogens is 314 g/mol. The second-order valence-electron chi connectivity index (χ2n) is 5.05. The average molecular weight is 329 g/mol. The zero-order valence-electron chi connectivity index (χ0n) is 12.3. The van der Waals surface area contributed by atoms with E-state index in [1.807, 2.05) is 11.0 Å². The highest BCUT2D eigenvalue weighted by molar-refractivity contribution is 7.89. The minimum Gasteiger partial charge on any atom is -0.338 e. The first kappa shape index (κ1) is 15.4. The van der Waals surface area contributed by atoms with Crippen LogP contribution < -0.4 is 4.90 Å². The largest absolute Gasteiger partial charge is 0.338 e. The molecule has 3 rings (SSSR count). The Morgan fingerprint density at radius 1 is 1.00 bits per heavy atom. The lowest BCUT2D eigenvalue weighted by Gasteiger charge is -2.34. The Labute approximate surface area is 134 Å². The molecule has 118 valence electrons. The van der Waals surface area contributed by atoms with E-state index >= 15 is 0 Å². The van der Waals surface area contributed by atoms with Crippen molar-refractivity contribution in [2.75, 3.05) is 31.1 Å². The number of piperazine rings is 1.